The molecule has 0 spiro atoms. The van der Waals surface area contributed by atoms with E-state index in [0.29, 0.717) is 6.42 Å². The first-order valence-corrected chi connectivity index (χ1v) is 28.5. The second-order valence-corrected chi connectivity index (χ2v) is 19.9. The Morgan fingerprint density at radius 3 is 0.984 bits per heavy atom. The number of phosphoric acid groups is 1. The lowest BCUT2D eigenvalue weighted by Gasteiger charge is -2.19. The second-order valence-electron chi connectivity index (χ2n) is 18.5. The van der Waals surface area contributed by atoms with Crippen molar-refractivity contribution in [3.05, 3.63) is 0 Å². The zero-order chi connectivity index (χ0) is 45.3. The van der Waals surface area contributed by atoms with Gasteiger partial charge in [-0.2, -0.15) is 0 Å². The Morgan fingerprint density at radius 1 is 0.419 bits per heavy atom. The number of carbonyl (C=O) groups is 2. The van der Waals surface area contributed by atoms with Crippen molar-refractivity contribution in [1.82, 2.24) is 0 Å². The molecule has 0 rings (SSSR count). The minimum absolute atomic E-state index is 0.0581. The number of rotatable bonds is 52. The number of esters is 2. The van der Waals surface area contributed by atoms with Crippen LogP contribution in [0.1, 0.15) is 290 Å². The Bertz CT molecular complexity index is 984. The fourth-order valence-corrected chi connectivity index (χ4v) is 8.99. The summed E-state index contributed by atoms with van der Waals surface area (Å²) in [7, 11) is -4.37. The zero-order valence-corrected chi connectivity index (χ0v) is 42.0. The van der Waals surface area contributed by atoms with Crippen LogP contribution in [0.4, 0.5) is 0 Å². The monoisotopic (exact) mass is 902 g/mol. The molecule has 9 nitrogen and oxygen atoms in total. The van der Waals surface area contributed by atoms with Crippen LogP contribution in [0.25, 0.3) is 0 Å². The van der Waals surface area contributed by atoms with Gasteiger partial charge in [-0.3, -0.25) is 18.6 Å². The van der Waals surface area contributed by atoms with Crippen LogP contribution in [-0.2, 0) is 32.7 Å². The lowest BCUT2D eigenvalue weighted by Crippen LogP contribution is -2.29. The van der Waals surface area contributed by atoms with Gasteiger partial charge in [0.1, 0.15) is 6.61 Å². The number of carbonyl (C=O) groups excluding carboxylic acids is 2. The van der Waals surface area contributed by atoms with Crippen LogP contribution in [0, 0.1) is 0 Å². The first-order chi connectivity index (χ1) is 30.3. The molecule has 0 radical (unpaired) electrons. The molecule has 0 aliphatic carbocycles. The molecular formula is C52H104NO8P. The highest BCUT2D eigenvalue weighted by atomic mass is 31.2. The van der Waals surface area contributed by atoms with Gasteiger partial charge >= 0.3 is 19.8 Å². The molecule has 0 aromatic heterocycles. The quantitative estimate of drug-likeness (QED) is 0.0347. The van der Waals surface area contributed by atoms with E-state index in [1.807, 2.05) is 0 Å². The molecule has 2 unspecified atom stereocenters. The minimum atomic E-state index is -4.37. The molecule has 2 atom stereocenters. The van der Waals surface area contributed by atoms with Gasteiger partial charge in [-0.05, 0) is 12.8 Å². The maximum Gasteiger partial charge on any atom is 0.472 e. The Morgan fingerprint density at radius 2 is 0.694 bits per heavy atom. The molecule has 0 bridgehead atoms. The van der Waals surface area contributed by atoms with Crippen LogP contribution < -0.4 is 5.73 Å². The standard InChI is InChI=1S/C52H104NO8P/c1-3-5-7-9-11-13-15-16-17-18-19-20-21-22-23-24-25-26-27-28-29-30-31-32-33-34-35-37-39-41-43-45-52(55)61-50(49-60-62(56,57)59-47-46-53)48-58-51(54)44-42-40-38-36-14-12-10-8-6-4-2/h50H,3-49,53H2,1-2H3,(H,56,57). The molecule has 0 aliphatic rings. The summed E-state index contributed by atoms with van der Waals surface area (Å²) in [6.07, 6.45) is 53.3. The van der Waals surface area contributed by atoms with Crippen molar-refractivity contribution in [3.63, 3.8) is 0 Å². The van der Waals surface area contributed by atoms with Gasteiger partial charge in [0.15, 0.2) is 6.10 Å². The smallest absolute Gasteiger partial charge is 0.462 e. The van der Waals surface area contributed by atoms with Crippen LogP contribution in [-0.4, -0.2) is 49.3 Å². The highest BCUT2D eigenvalue weighted by Gasteiger charge is 2.26. The summed E-state index contributed by atoms with van der Waals surface area (Å²) in [5.41, 5.74) is 5.36. The summed E-state index contributed by atoms with van der Waals surface area (Å²) >= 11 is 0. The van der Waals surface area contributed by atoms with Gasteiger partial charge in [0, 0.05) is 19.4 Å². The van der Waals surface area contributed by atoms with Crippen molar-refractivity contribution in [2.24, 2.45) is 5.73 Å². The summed E-state index contributed by atoms with van der Waals surface area (Å²) in [4.78, 5) is 34.9. The van der Waals surface area contributed by atoms with Crippen LogP contribution in [0.2, 0.25) is 0 Å². The Hall–Kier alpha value is -0.990. The van der Waals surface area contributed by atoms with Gasteiger partial charge in [-0.1, -0.05) is 264 Å². The average molecular weight is 902 g/mol. The summed E-state index contributed by atoms with van der Waals surface area (Å²) in [5, 5.41) is 0. The zero-order valence-electron chi connectivity index (χ0n) is 41.1. The molecule has 0 aromatic rings. The van der Waals surface area contributed by atoms with E-state index in [2.05, 4.69) is 13.8 Å². The van der Waals surface area contributed by atoms with Gasteiger partial charge in [0.25, 0.3) is 0 Å². The maximum absolute atomic E-state index is 12.6. The van der Waals surface area contributed by atoms with E-state index in [9.17, 15) is 19.0 Å². The Labute approximate surface area is 384 Å². The van der Waals surface area contributed by atoms with E-state index in [-0.39, 0.29) is 38.6 Å². The third kappa shape index (κ3) is 48.5. The molecule has 10 heteroatoms. The van der Waals surface area contributed by atoms with E-state index in [0.717, 1.165) is 32.1 Å². The first-order valence-electron chi connectivity index (χ1n) is 27.0. The van der Waals surface area contributed by atoms with Gasteiger partial charge in [-0.15, -0.1) is 0 Å². The van der Waals surface area contributed by atoms with Gasteiger partial charge in [0.2, 0.25) is 0 Å². The van der Waals surface area contributed by atoms with E-state index >= 15 is 0 Å². The lowest BCUT2D eigenvalue weighted by molar-refractivity contribution is -0.161. The van der Waals surface area contributed by atoms with Crippen molar-refractivity contribution in [1.29, 1.82) is 0 Å². The third-order valence-electron chi connectivity index (χ3n) is 12.2. The number of ether oxygens (including phenoxy) is 2. The lowest BCUT2D eigenvalue weighted by atomic mass is 10.0. The summed E-state index contributed by atoms with van der Waals surface area (Å²) in [5.74, 6) is -0.811. The normalized spacial score (nSPS) is 13.0. The van der Waals surface area contributed by atoms with Crippen LogP contribution in [0.5, 0.6) is 0 Å². The Balaban J connectivity index is 3.78. The molecular weight excluding hydrogens is 798 g/mol. The number of nitrogens with two attached hydrogens (primary N) is 1. The number of hydrogen-bond acceptors (Lipinski definition) is 8. The molecule has 3 N–H and O–H groups in total. The van der Waals surface area contributed by atoms with Crippen LogP contribution >= 0.6 is 7.82 Å². The van der Waals surface area contributed by atoms with E-state index in [4.69, 9.17) is 24.3 Å². The molecule has 0 saturated carbocycles. The fourth-order valence-electron chi connectivity index (χ4n) is 8.23. The number of hydrogen-bond donors (Lipinski definition) is 2. The van der Waals surface area contributed by atoms with Crippen LogP contribution in [0.3, 0.4) is 0 Å². The van der Waals surface area contributed by atoms with Crippen molar-refractivity contribution in [2.45, 2.75) is 296 Å². The Kier molecular flexibility index (Phi) is 48.7. The van der Waals surface area contributed by atoms with Crippen molar-refractivity contribution in [2.75, 3.05) is 26.4 Å². The first kappa shape index (κ1) is 61.0. The summed E-state index contributed by atoms with van der Waals surface area (Å²) < 4.78 is 32.8. The molecule has 370 valence electrons. The summed E-state index contributed by atoms with van der Waals surface area (Å²) in [6, 6.07) is 0. The predicted octanol–water partition coefficient (Wildman–Crippen LogP) is 16.3. The molecule has 0 aromatic carbocycles. The van der Waals surface area contributed by atoms with Crippen molar-refractivity contribution in [3.8, 4) is 0 Å². The van der Waals surface area contributed by atoms with Gasteiger partial charge in [0.05, 0.1) is 13.2 Å². The SMILES string of the molecule is CCCCCCCCCCCCCCCCCCCCCCCCCCCCCCCCCC(=O)OC(COC(=O)CCCCCCCCCCCC)COP(=O)(O)OCCN. The van der Waals surface area contributed by atoms with E-state index in [1.165, 1.54) is 225 Å². The van der Waals surface area contributed by atoms with Gasteiger partial charge in [-0.25, -0.2) is 4.57 Å². The maximum atomic E-state index is 12.6. The average Bonchev–Trinajstić information content (AvgIpc) is 3.26. The van der Waals surface area contributed by atoms with Crippen molar-refractivity contribution >= 4 is 19.8 Å². The molecule has 62 heavy (non-hydrogen) atoms. The summed E-state index contributed by atoms with van der Waals surface area (Å²) in [6.45, 7) is 3.78. The fraction of sp³-hybridized carbons (Fsp3) is 0.962. The topological polar surface area (TPSA) is 134 Å². The minimum Gasteiger partial charge on any atom is -0.462 e. The molecule has 0 aliphatic heterocycles. The third-order valence-corrected chi connectivity index (χ3v) is 13.2. The molecule has 0 fully saturated rings. The predicted molar refractivity (Wildman–Crippen MR) is 262 cm³/mol. The second kappa shape index (κ2) is 49.4. The highest BCUT2D eigenvalue weighted by Crippen LogP contribution is 2.43. The number of phosphoric ester groups is 1. The molecule has 0 heterocycles. The van der Waals surface area contributed by atoms with Gasteiger partial charge < -0.3 is 20.1 Å². The number of unbranched alkanes of at least 4 members (excludes halogenated alkanes) is 39. The largest absolute Gasteiger partial charge is 0.472 e. The van der Waals surface area contributed by atoms with Crippen molar-refractivity contribution < 1.29 is 37.6 Å². The molecule has 0 saturated heterocycles. The highest BCUT2D eigenvalue weighted by molar-refractivity contribution is 7.47. The van der Waals surface area contributed by atoms with E-state index < -0.39 is 26.5 Å². The molecule has 0 amide bonds. The van der Waals surface area contributed by atoms with Crippen LogP contribution in [0.15, 0.2) is 0 Å². The van der Waals surface area contributed by atoms with E-state index in [1.54, 1.807) is 0 Å².